The van der Waals surface area contributed by atoms with E-state index in [0.29, 0.717) is 35.9 Å². The van der Waals surface area contributed by atoms with E-state index in [9.17, 15) is 9.59 Å². The lowest BCUT2D eigenvalue weighted by atomic mass is 10.2. The van der Waals surface area contributed by atoms with Crippen LogP contribution in [0.15, 0.2) is 48.5 Å². The number of aromatic nitrogens is 3. The SMILES string of the molecule is COc1ccccc1-c1nc(NC(=O)c2cccc(N3CCNC3=O)c2)n[nH]1. The first kappa shape index (κ1) is 17.5. The van der Waals surface area contributed by atoms with E-state index >= 15 is 0 Å². The molecule has 0 aliphatic carbocycles. The molecule has 2 aromatic carbocycles. The van der Waals surface area contributed by atoms with Gasteiger partial charge in [0.2, 0.25) is 5.95 Å². The summed E-state index contributed by atoms with van der Waals surface area (Å²) in [6, 6.07) is 14.0. The molecule has 9 nitrogen and oxygen atoms in total. The normalized spacial score (nSPS) is 13.3. The number of H-pyrrole nitrogens is 1. The van der Waals surface area contributed by atoms with Gasteiger partial charge in [0.25, 0.3) is 5.91 Å². The number of carbonyl (C=O) groups excluding carboxylic acids is 2. The van der Waals surface area contributed by atoms with Crippen molar-refractivity contribution in [2.75, 3.05) is 30.4 Å². The highest BCUT2D eigenvalue weighted by Crippen LogP contribution is 2.27. The number of carbonyl (C=O) groups is 2. The van der Waals surface area contributed by atoms with Crippen LogP contribution in [0.3, 0.4) is 0 Å². The van der Waals surface area contributed by atoms with Crippen molar-refractivity contribution in [2.45, 2.75) is 0 Å². The van der Waals surface area contributed by atoms with E-state index in [2.05, 4.69) is 25.8 Å². The van der Waals surface area contributed by atoms with Crippen LogP contribution in [0, 0.1) is 0 Å². The quantitative estimate of drug-likeness (QED) is 0.630. The summed E-state index contributed by atoms with van der Waals surface area (Å²) in [6.07, 6.45) is 0. The lowest BCUT2D eigenvalue weighted by Crippen LogP contribution is -2.27. The van der Waals surface area contributed by atoms with Crippen LogP contribution in [0.4, 0.5) is 16.4 Å². The number of nitrogens with one attached hydrogen (secondary N) is 3. The second-order valence-corrected chi connectivity index (χ2v) is 6.10. The number of rotatable bonds is 5. The van der Waals surface area contributed by atoms with Crippen molar-refractivity contribution in [1.82, 2.24) is 20.5 Å². The number of amides is 3. The molecule has 142 valence electrons. The van der Waals surface area contributed by atoms with Gasteiger partial charge in [0, 0.05) is 24.3 Å². The number of methoxy groups -OCH3 is 1. The number of aromatic amines is 1. The van der Waals surface area contributed by atoms with Crippen molar-refractivity contribution in [2.24, 2.45) is 0 Å². The maximum absolute atomic E-state index is 12.6. The Morgan fingerprint density at radius 3 is 2.86 bits per heavy atom. The molecule has 0 spiro atoms. The molecule has 3 amide bonds. The second kappa shape index (κ2) is 7.39. The van der Waals surface area contributed by atoms with E-state index in [0.717, 1.165) is 5.56 Å². The number of hydrogen-bond acceptors (Lipinski definition) is 5. The number of benzene rings is 2. The van der Waals surface area contributed by atoms with Crippen LogP contribution >= 0.6 is 0 Å². The molecule has 0 bridgehead atoms. The van der Waals surface area contributed by atoms with Crippen molar-refractivity contribution in [3.05, 3.63) is 54.1 Å². The standard InChI is InChI=1S/C19H18N6O3/c1-28-15-8-3-2-7-14(15)16-21-18(24-23-16)22-17(26)12-5-4-6-13(11-12)25-10-9-20-19(25)27/h2-8,11H,9-10H2,1H3,(H,20,27)(H2,21,22,23,24,26). The van der Waals surface area contributed by atoms with E-state index in [1.54, 1.807) is 36.3 Å². The first-order chi connectivity index (χ1) is 13.7. The monoisotopic (exact) mass is 378 g/mol. The Kier molecular flexibility index (Phi) is 4.63. The molecular formula is C19H18N6O3. The molecule has 0 unspecified atom stereocenters. The average molecular weight is 378 g/mol. The largest absolute Gasteiger partial charge is 0.496 e. The van der Waals surface area contributed by atoms with Gasteiger partial charge in [0.15, 0.2) is 5.82 Å². The molecule has 3 N–H and O–H groups in total. The number of nitrogens with zero attached hydrogens (tertiary/aromatic N) is 3. The smallest absolute Gasteiger partial charge is 0.321 e. The summed E-state index contributed by atoms with van der Waals surface area (Å²) in [5.41, 5.74) is 1.80. The Bertz CT molecular complexity index is 1030. The third-order valence-corrected chi connectivity index (χ3v) is 4.35. The molecule has 1 aliphatic rings. The molecule has 0 saturated carbocycles. The van der Waals surface area contributed by atoms with Crippen LogP contribution in [0.25, 0.3) is 11.4 Å². The van der Waals surface area contributed by atoms with Crippen LogP contribution in [-0.4, -0.2) is 47.3 Å². The summed E-state index contributed by atoms with van der Waals surface area (Å²) in [6.45, 7) is 1.14. The lowest BCUT2D eigenvalue weighted by molar-refractivity contribution is 0.102. The van der Waals surface area contributed by atoms with Gasteiger partial charge in [-0.1, -0.05) is 18.2 Å². The van der Waals surface area contributed by atoms with Gasteiger partial charge in [-0.3, -0.25) is 20.1 Å². The fourth-order valence-corrected chi connectivity index (χ4v) is 2.99. The number of anilines is 2. The fourth-order valence-electron chi connectivity index (χ4n) is 2.99. The highest BCUT2D eigenvalue weighted by Gasteiger charge is 2.22. The van der Waals surface area contributed by atoms with Gasteiger partial charge in [-0.2, -0.15) is 4.98 Å². The molecule has 9 heteroatoms. The summed E-state index contributed by atoms with van der Waals surface area (Å²) < 4.78 is 5.32. The van der Waals surface area contributed by atoms with E-state index in [-0.39, 0.29) is 17.9 Å². The lowest BCUT2D eigenvalue weighted by Gasteiger charge is -2.14. The molecule has 0 atom stereocenters. The van der Waals surface area contributed by atoms with E-state index in [4.69, 9.17) is 4.74 Å². The first-order valence-electron chi connectivity index (χ1n) is 8.68. The van der Waals surface area contributed by atoms with E-state index in [1.807, 2.05) is 24.3 Å². The highest BCUT2D eigenvalue weighted by molar-refractivity contribution is 6.04. The fraction of sp³-hybridized carbons (Fsp3) is 0.158. The molecule has 28 heavy (non-hydrogen) atoms. The van der Waals surface area contributed by atoms with Gasteiger partial charge in [0.05, 0.1) is 12.7 Å². The van der Waals surface area contributed by atoms with Crippen LogP contribution in [0.2, 0.25) is 0 Å². The molecule has 1 aliphatic heterocycles. The summed E-state index contributed by atoms with van der Waals surface area (Å²) in [5, 5.41) is 12.2. The molecule has 0 radical (unpaired) electrons. The Hall–Kier alpha value is -3.88. The number of urea groups is 1. The summed E-state index contributed by atoms with van der Waals surface area (Å²) in [5.74, 6) is 0.908. The minimum atomic E-state index is -0.368. The van der Waals surface area contributed by atoms with Gasteiger partial charge in [0.1, 0.15) is 5.75 Å². The van der Waals surface area contributed by atoms with E-state index in [1.165, 1.54) is 0 Å². The minimum Gasteiger partial charge on any atom is -0.496 e. The van der Waals surface area contributed by atoms with Crippen LogP contribution in [0.1, 0.15) is 10.4 Å². The van der Waals surface area contributed by atoms with Crippen molar-refractivity contribution in [3.63, 3.8) is 0 Å². The van der Waals surface area contributed by atoms with Gasteiger partial charge < -0.3 is 10.1 Å². The Morgan fingerprint density at radius 2 is 2.07 bits per heavy atom. The third kappa shape index (κ3) is 3.37. The number of hydrogen-bond donors (Lipinski definition) is 3. The Morgan fingerprint density at radius 1 is 1.21 bits per heavy atom. The zero-order valence-corrected chi connectivity index (χ0v) is 15.1. The molecule has 1 fully saturated rings. The molecule has 3 aromatic rings. The maximum atomic E-state index is 12.6. The predicted octanol–water partition coefficient (Wildman–Crippen LogP) is 2.26. The van der Waals surface area contributed by atoms with Crippen molar-refractivity contribution >= 4 is 23.6 Å². The van der Waals surface area contributed by atoms with Gasteiger partial charge in [-0.15, -0.1) is 5.10 Å². The van der Waals surface area contributed by atoms with Crippen molar-refractivity contribution < 1.29 is 14.3 Å². The zero-order valence-electron chi connectivity index (χ0n) is 15.1. The Labute approximate surface area is 160 Å². The van der Waals surface area contributed by atoms with Crippen LogP contribution in [0.5, 0.6) is 5.75 Å². The van der Waals surface area contributed by atoms with E-state index < -0.39 is 0 Å². The molecule has 4 rings (SSSR count). The van der Waals surface area contributed by atoms with Gasteiger partial charge in [-0.05, 0) is 30.3 Å². The molecule has 2 heterocycles. The molecule has 1 saturated heterocycles. The molecular weight excluding hydrogens is 360 g/mol. The maximum Gasteiger partial charge on any atom is 0.321 e. The minimum absolute atomic E-state index is 0.148. The summed E-state index contributed by atoms with van der Waals surface area (Å²) in [4.78, 5) is 30.3. The Balaban J connectivity index is 1.52. The van der Waals surface area contributed by atoms with Crippen LogP contribution in [-0.2, 0) is 0 Å². The van der Waals surface area contributed by atoms with Crippen LogP contribution < -0.4 is 20.3 Å². The third-order valence-electron chi connectivity index (χ3n) is 4.35. The zero-order chi connectivity index (χ0) is 19.5. The topological polar surface area (TPSA) is 112 Å². The summed E-state index contributed by atoms with van der Waals surface area (Å²) in [7, 11) is 1.57. The molecule has 1 aromatic heterocycles. The number of para-hydroxylation sites is 1. The van der Waals surface area contributed by atoms with Crippen molar-refractivity contribution in [1.29, 1.82) is 0 Å². The highest BCUT2D eigenvalue weighted by atomic mass is 16.5. The first-order valence-corrected chi connectivity index (χ1v) is 8.68. The second-order valence-electron chi connectivity index (χ2n) is 6.10. The predicted molar refractivity (Wildman–Crippen MR) is 104 cm³/mol. The van der Waals surface area contributed by atoms with Gasteiger partial charge >= 0.3 is 6.03 Å². The average Bonchev–Trinajstić information content (AvgIpc) is 3.37. The van der Waals surface area contributed by atoms with Gasteiger partial charge in [-0.25, -0.2) is 4.79 Å². The summed E-state index contributed by atoms with van der Waals surface area (Å²) >= 11 is 0. The van der Waals surface area contributed by atoms with Crippen molar-refractivity contribution in [3.8, 4) is 17.1 Å². The number of ether oxygens (including phenoxy) is 1.